The number of hydrogen-bond donors (Lipinski definition) is 7. The number of amides is 4. The van der Waals surface area contributed by atoms with Gasteiger partial charge in [0.25, 0.3) is 5.91 Å². The van der Waals surface area contributed by atoms with E-state index in [1.807, 2.05) is 55.4 Å². The van der Waals surface area contributed by atoms with E-state index in [-0.39, 0.29) is 35.8 Å². The summed E-state index contributed by atoms with van der Waals surface area (Å²) in [6, 6.07) is -3.17. The van der Waals surface area contributed by atoms with Gasteiger partial charge in [-0.25, -0.2) is 9.10 Å². The first kappa shape index (κ1) is 42.9. The third kappa shape index (κ3) is 13.1. The first-order valence-electron chi connectivity index (χ1n) is 17.8. The monoisotopic (exact) mass is 711 g/mol. The van der Waals surface area contributed by atoms with Crippen molar-refractivity contribution in [2.24, 2.45) is 28.6 Å². The lowest BCUT2D eigenvalue weighted by Crippen LogP contribution is -2.64. The molecule has 0 bridgehead atoms. The predicted octanol–water partition coefficient (Wildman–Crippen LogP) is 2.97. The van der Waals surface area contributed by atoms with E-state index < -0.39 is 53.4 Å². The standard InChI is InChI=1S/C35H65N7O6S/c1-11-16-37-31(45)28(43)25(20-23-13-12-14-23)38-30(44)27-24(22(2)3)15-18-42(27)32(46)29(35(7,8)9)40-33(47)39-26(34(4,5)6)21-36-17-19-41(10)49-48/h11,22-27,29,32,36,46,48H,1,12-21H2,2-10H3,(H,37,45)(H,38,44)(H2,39,40,47)/t24-,25?,26-,27+,29-,32?/m1/s1. The number of nitrogens with zero attached hydrogens (tertiary/aromatic N) is 2. The Morgan fingerprint density at radius 2 is 1.67 bits per heavy atom. The van der Waals surface area contributed by atoms with E-state index in [1.165, 1.54) is 6.08 Å². The van der Waals surface area contributed by atoms with Gasteiger partial charge in [-0.05, 0) is 48.5 Å². The first-order chi connectivity index (χ1) is 22.8. The van der Waals surface area contributed by atoms with Crippen LogP contribution in [0.4, 0.5) is 4.79 Å². The number of carbonyl (C=O) groups excluding carboxylic acids is 4. The van der Waals surface area contributed by atoms with Gasteiger partial charge in [0.2, 0.25) is 11.7 Å². The summed E-state index contributed by atoms with van der Waals surface area (Å²) < 4.78 is 10.9. The van der Waals surface area contributed by atoms with Crippen LogP contribution in [0.15, 0.2) is 12.7 Å². The number of ketones is 1. The Kier molecular flexibility index (Phi) is 17.0. The van der Waals surface area contributed by atoms with Crippen molar-refractivity contribution in [3.8, 4) is 0 Å². The quantitative estimate of drug-likeness (QED) is 0.0347. The predicted molar refractivity (Wildman–Crippen MR) is 195 cm³/mol. The number of hydrogen-bond acceptors (Lipinski definition) is 10. The van der Waals surface area contributed by atoms with Crippen molar-refractivity contribution in [2.75, 3.05) is 39.8 Å². The van der Waals surface area contributed by atoms with Gasteiger partial charge in [-0.2, -0.15) is 0 Å². The molecule has 1 aliphatic heterocycles. The largest absolute Gasteiger partial charge is 0.376 e. The number of carbonyl (C=O) groups is 4. The van der Waals surface area contributed by atoms with Crippen LogP contribution in [-0.4, -0.2) is 113 Å². The lowest BCUT2D eigenvalue weighted by molar-refractivity contribution is -0.142. The van der Waals surface area contributed by atoms with Gasteiger partial charge in [-0.15, -0.1) is 6.58 Å². The Hall–Kier alpha value is -2.23. The van der Waals surface area contributed by atoms with Gasteiger partial charge in [0.15, 0.2) is 0 Å². The van der Waals surface area contributed by atoms with Gasteiger partial charge >= 0.3 is 6.03 Å². The highest BCUT2D eigenvalue weighted by Crippen LogP contribution is 2.36. The summed E-state index contributed by atoms with van der Waals surface area (Å²) >= 11 is 0.665. The van der Waals surface area contributed by atoms with Gasteiger partial charge in [-0.1, -0.05) is 80.7 Å². The highest BCUT2D eigenvalue weighted by molar-refractivity contribution is 7.91. The first-order valence-corrected chi connectivity index (χ1v) is 18.5. The maximum absolute atomic E-state index is 14.2. The van der Waals surface area contributed by atoms with Gasteiger partial charge in [0.1, 0.15) is 6.23 Å². The topological polar surface area (TPSA) is 175 Å². The average Bonchev–Trinajstić information content (AvgIpc) is 3.45. The number of rotatable bonds is 19. The molecule has 1 heterocycles. The van der Waals surface area contributed by atoms with Crippen molar-refractivity contribution in [2.45, 2.75) is 118 Å². The molecule has 282 valence electrons. The lowest BCUT2D eigenvalue weighted by atomic mass is 9.80. The minimum atomic E-state index is -1.21. The van der Waals surface area contributed by atoms with Gasteiger partial charge in [0, 0.05) is 38.8 Å². The molecule has 4 amide bonds. The number of aliphatic hydroxyl groups is 1. The van der Waals surface area contributed by atoms with E-state index in [0.29, 0.717) is 51.2 Å². The van der Waals surface area contributed by atoms with E-state index in [4.69, 9.17) is 0 Å². The van der Waals surface area contributed by atoms with Crippen molar-refractivity contribution in [1.29, 1.82) is 0 Å². The van der Waals surface area contributed by atoms with E-state index >= 15 is 0 Å². The molecule has 0 radical (unpaired) electrons. The molecular weight excluding hydrogens is 646 g/mol. The molecule has 49 heavy (non-hydrogen) atoms. The molecular formula is C35H65N7O6S. The third-order valence-corrected chi connectivity index (χ3v) is 10.4. The fourth-order valence-electron chi connectivity index (χ4n) is 6.51. The molecule has 2 fully saturated rings. The van der Waals surface area contributed by atoms with Crippen LogP contribution in [0.3, 0.4) is 0 Å². The number of urea groups is 1. The minimum Gasteiger partial charge on any atom is -0.376 e. The van der Waals surface area contributed by atoms with E-state index in [9.17, 15) is 28.8 Å². The molecule has 1 saturated heterocycles. The second kappa shape index (κ2) is 19.4. The maximum atomic E-state index is 14.2. The van der Waals surface area contributed by atoms with Crippen LogP contribution in [0.5, 0.6) is 0 Å². The van der Waals surface area contributed by atoms with Crippen LogP contribution in [0, 0.1) is 28.6 Å². The molecule has 1 aliphatic carbocycles. The molecule has 13 nitrogen and oxygen atoms in total. The summed E-state index contributed by atoms with van der Waals surface area (Å²) in [5.41, 5.74) is -0.877. The van der Waals surface area contributed by atoms with E-state index in [0.717, 1.165) is 19.3 Å². The van der Waals surface area contributed by atoms with Crippen molar-refractivity contribution in [3.05, 3.63) is 12.7 Å². The van der Waals surface area contributed by atoms with Crippen molar-refractivity contribution < 1.29 is 28.8 Å². The number of likely N-dealkylation sites (tertiary alicyclic amines) is 1. The molecule has 2 rings (SSSR count). The zero-order valence-corrected chi connectivity index (χ0v) is 32.1. The van der Waals surface area contributed by atoms with Crippen molar-refractivity contribution in [3.63, 3.8) is 0 Å². The molecule has 0 aromatic heterocycles. The SMILES string of the molecule is C=CCNC(=O)C(=O)C(CC1CCC1)NC(=O)[C@@H]1[C@@H](C(C)C)CCN1C(O)[C@@H](NC(=O)N[C@H](CNCCN(C)SO)C(C)(C)C)C(C)(C)C. The number of likely N-dealkylation sites (N-methyl/N-ethyl adjacent to an activating group) is 1. The summed E-state index contributed by atoms with van der Waals surface area (Å²) in [7, 11) is 1.78. The highest BCUT2D eigenvalue weighted by Gasteiger charge is 2.48. The Morgan fingerprint density at radius 1 is 1.02 bits per heavy atom. The molecule has 0 aromatic rings. The van der Waals surface area contributed by atoms with E-state index in [1.54, 1.807) is 16.3 Å². The normalized spacial score (nSPS) is 21.4. The Morgan fingerprint density at radius 3 is 2.18 bits per heavy atom. The van der Waals surface area contributed by atoms with Crippen LogP contribution in [0.2, 0.25) is 0 Å². The summed E-state index contributed by atoms with van der Waals surface area (Å²) in [5, 5.41) is 26.9. The number of aliphatic hydroxyl groups excluding tert-OH is 1. The van der Waals surface area contributed by atoms with Crippen LogP contribution in [0.1, 0.15) is 87.5 Å². The average molecular weight is 712 g/mol. The Labute approximate surface area is 298 Å². The highest BCUT2D eigenvalue weighted by atomic mass is 32.2. The minimum absolute atomic E-state index is 0.102. The maximum Gasteiger partial charge on any atom is 0.315 e. The molecule has 6 atom stereocenters. The van der Waals surface area contributed by atoms with Crippen molar-refractivity contribution in [1.82, 2.24) is 35.8 Å². The summed E-state index contributed by atoms with van der Waals surface area (Å²) in [6.45, 7) is 21.9. The van der Waals surface area contributed by atoms with Crippen LogP contribution in [-0.2, 0) is 14.4 Å². The third-order valence-electron chi connectivity index (χ3n) is 9.97. The molecule has 14 heteroatoms. The molecule has 7 N–H and O–H groups in total. The zero-order valence-electron chi connectivity index (χ0n) is 31.3. The summed E-state index contributed by atoms with van der Waals surface area (Å²) in [6.07, 6.45) is 4.28. The number of nitrogens with one attached hydrogen (secondary N) is 5. The van der Waals surface area contributed by atoms with Crippen LogP contribution < -0.4 is 26.6 Å². The fourth-order valence-corrected chi connectivity index (χ4v) is 6.68. The molecule has 0 spiro atoms. The van der Waals surface area contributed by atoms with Crippen LogP contribution >= 0.6 is 12.2 Å². The van der Waals surface area contributed by atoms with Gasteiger partial charge < -0.3 is 36.2 Å². The Bertz CT molecular complexity index is 1110. The fraction of sp³-hybridized carbons (Fsp3) is 0.829. The zero-order chi connectivity index (χ0) is 37.1. The Balaban J connectivity index is 2.27. The molecule has 1 saturated carbocycles. The van der Waals surface area contributed by atoms with Crippen LogP contribution in [0.25, 0.3) is 0 Å². The van der Waals surface area contributed by atoms with E-state index in [2.05, 4.69) is 33.2 Å². The molecule has 0 aromatic carbocycles. The number of Topliss-reactive ketones (excluding diaryl/α,β-unsaturated/α-hetero) is 1. The second-order valence-corrected chi connectivity index (χ2v) is 17.1. The molecule has 2 aliphatic rings. The van der Waals surface area contributed by atoms with Gasteiger partial charge in [0.05, 0.1) is 30.4 Å². The lowest BCUT2D eigenvalue weighted by Gasteiger charge is -2.42. The molecule has 2 unspecified atom stereocenters. The summed E-state index contributed by atoms with van der Waals surface area (Å²) in [5.74, 6) is -1.58. The summed E-state index contributed by atoms with van der Waals surface area (Å²) in [4.78, 5) is 55.4. The van der Waals surface area contributed by atoms with Crippen molar-refractivity contribution >= 4 is 35.9 Å². The smallest absolute Gasteiger partial charge is 0.315 e. The van der Waals surface area contributed by atoms with Gasteiger partial charge in [-0.3, -0.25) is 19.3 Å². The second-order valence-electron chi connectivity index (χ2n) is 16.3.